The Hall–Kier alpha value is -0.108. The summed E-state index contributed by atoms with van der Waals surface area (Å²) in [5.41, 5.74) is 13.3. The molecule has 1 amide bonds. The number of rotatable bonds is 1. The molecule has 3 nitrogen and oxygen atoms in total. The average molecular weight is 501 g/mol. The number of amides is 1. The number of hydrogen-bond acceptors (Lipinski definition) is 1. The summed E-state index contributed by atoms with van der Waals surface area (Å²) in [6.45, 7) is 8.23. The second kappa shape index (κ2) is 6.56. The fourth-order valence-electron chi connectivity index (χ4n) is 2.37. The number of carbonyl (C=O) groups is 1. The van der Waals surface area contributed by atoms with Gasteiger partial charge in [0.15, 0.2) is 0 Å². The van der Waals surface area contributed by atoms with E-state index in [-0.39, 0.29) is 53.8 Å². The minimum absolute atomic E-state index is 0. The van der Waals surface area contributed by atoms with Crippen molar-refractivity contribution in [1.29, 1.82) is 0 Å². The summed E-state index contributed by atoms with van der Waals surface area (Å²) in [4.78, 5) is 11.2. The molecule has 1 heterocycles. The Balaban J connectivity index is 0.00000162. The Morgan fingerprint density at radius 1 is 1.11 bits per heavy atom. The van der Waals surface area contributed by atoms with Crippen LogP contribution in [0.5, 0.6) is 0 Å². The van der Waals surface area contributed by atoms with Gasteiger partial charge in [0.2, 0.25) is 0 Å². The maximum absolute atomic E-state index is 11.2. The van der Waals surface area contributed by atoms with Crippen molar-refractivity contribution >= 4 is 16.8 Å². The number of aromatic nitrogens is 1. The molecule has 0 aliphatic rings. The fourth-order valence-corrected chi connectivity index (χ4v) is 2.37. The molecule has 0 aliphatic heterocycles. The van der Waals surface area contributed by atoms with Gasteiger partial charge in [-0.05, 0) is 39.0 Å². The van der Waals surface area contributed by atoms with E-state index in [9.17, 15) is 4.79 Å². The Bertz CT molecular complexity index is 647. The molecule has 1 radical (unpaired) electrons. The van der Waals surface area contributed by atoms with Gasteiger partial charge in [0.25, 0.3) is 0 Å². The van der Waals surface area contributed by atoms with E-state index in [1.807, 2.05) is 13.8 Å². The third-order valence-electron chi connectivity index (χ3n) is 3.78. The molecule has 0 atom stereocenters. The summed E-state index contributed by atoms with van der Waals surface area (Å²) in [6.07, 6.45) is 0. The van der Waals surface area contributed by atoms with Crippen molar-refractivity contribution in [3.8, 4) is 0 Å². The van der Waals surface area contributed by atoms with Gasteiger partial charge in [0, 0.05) is 59.7 Å². The first-order chi connectivity index (χ1) is 7.86. The van der Waals surface area contributed by atoms with E-state index in [0.29, 0.717) is 5.69 Å². The van der Waals surface area contributed by atoms with Crippen LogP contribution in [0.3, 0.4) is 0 Å². The van der Waals surface area contributed by atoms with E-state index < -0.39 is 5.91 Å². The normalized spacial score (nSPS) is 9.89. The number of nitrogens with one attached hydrogen (secondary N) is 1. The smallest absolute Gasteiger partial charge is 0.0384 e. The van der Waals surface area contributed by atoms with Crippen LogP contribution in [0.15, 0.2) is 6.07 Å². The van der Waals surface area contributed by atoms with Crippen LogP contribution in [-0.4, -0.2) is 10.5 Å². The van der Waals surface area contributed by atoms with E-state index in [4.69, 9.17) is 5.73 Å². The van der Waals surface area contributed by atoms with Gasteiger partial charge in [-0.3, -0.25) is 0 Å². The monoisotopic (exact) mass is 501 g/mol. The summed E-state index contributed by atoms with van der Waals surface area (Å²) >= 11 is 0. The third-order valence-corrected chi connectivity index (χ3v) is 3.78. The summed E-state index contributed by atoms with van der Waals surface area (Å²) in [5, 5.41) is 1.02. The summed E-state index contributed by atoms with van der Waals surface area (Å²) < 4.78 is 1.58. The Morgan fingerprint density at radius 3 is 2.05 bits per heavy atom. The van der Waals surface area contributed by atoms with Gasteiger partial charge in [-0.25, -0.2) is 0 Å². The predicted octanol–water partition coefficient (Wildman–Crippen LogP) is 3.70. The SMILES string of the molecule is [CH2-]n1c(C([NH-])=O)cc2c(C)c(C)c(C)c(C)c21.[W].[Y]. The number of benzene rings is 1. The first-order valence-corrected chi connectivity index (χ1v) is 5.54. The van der Waals surface area contributed by atoms with Gasteiger partial charge in [-0.15, -0.1) is 7.05 Å². The maximum Gasteiger partial charge on any atom is 0.0384 e. The molecular formula is C14H16N2OWY-2. The van der Waals surface area contributed by atoms with Crippen molar-refractivity contribution in [1.82, 2.24) is 4.57 Å². The molecule has 0 fully saturated rings. The Kier molecular flexibility index (Phi) is 6.53. The van der Waals surface area contributed by atoms with Crippen LogP contribution in [0, 0.1) is 34.7 Å². The Morgan fingerprint density at radius 2 is 1.58 bits per heavy atom. The van der Waals surface area contributed by atoms with Crippen LogP contribution in [0.25, 0.3) is 16.6 Å². The van der Waals surface area contributed by atoms with E-state index in [2.05, 4.69) is 20.9 Å². The molecule has 0 spiro atoms. The molecule has 0 saturated heterocycles. The quantitative estimate of drug-likeness (QED) is 0.551. The van der Waals surface area contributed by atoms with Crippen LogP contribution < -0.4 is 0 Å². The van der Waals surface area contributed by atoms with Crippen molar-refractivity contribution in [3.05, 3.63) is 46.8 Å². The maximum atomic E-state index is 11.2. The van der Waals surface area contributed by atoms with E-state index >= 15 is 0 Å². The molecule has 1 aromatic carbocycles. The molecule has 0 bridgehead atoms. The van der Waals surface area contributed by atoms with Crippen molar-refractivity contribution < 1.29 is 58.6 Å². The van der Waals surface area contributed by atoms with Crippen molar-refractivity contribution in [2.45, 2.75) is 27.7 Å². The van der Waals surface area contributed by atoms with E-state index in [0.717, 1.165) is 22.0 Å². The molecule has 0 saturated carbocycles. The largest absolute Gasteiger partial charge is 0.674 e. The van der Waals surface area contributed by atoms with Crippen molar-refractivity contribution in [2.24, 2.45) is 0 Å². The van der Waals surface area contributed by atoms with Crippen LogP contribution >= 0.6 is 0 Å². The van der Waals surface area contributed by atoms with E-state index in [1.54, 1.807) is 10.6 Å². The van der Waals surface area contributed by atoms with Gasteiger partial charge >= 0.3 is 0 Å². The summed E-state index contributed by atoms with van der Waals surface area (Å²) in [5.74, 6) is -0.690. The van der Waals surface area contributed by atoms with Crippen molar-refractivity contribution in [2.75, 3.05) is 0 Å². The summed E-state index contributed by atoms with van der Waals surface area (Å²) in [6, 6.07) is 1.77. The predicted molar refractivity (Wildman–Crippen MR) is 70.3 cm³/mol. The molecule has 1 aromatic heterocycles. The van der Waals surface area contributed by atoms with Gasteiger partial charge < -0.3 is 15.1 Å². The number of nitrogens with zero attached hydrogens (tertiary/aromatic N) is 1. The van der Waals surface area contributed by atoms with Crippen LogP contribution in [0.1, 0.15) is 32.7 Å². The molecule has 1 N–H and O–H groups in total. The van der Waals surface area contributed by atoms with Gasteiger partial charge in [0.1, 0.15) is 0 Å². The van der Waals surface area contributed by atoms with Gasteiger partial charge in [-0.1, -0.05) is 33.7 Å². The number of carbonyl (C=O) groups excluding carboxylic acids is 1. The van der Waals surface area contributed by atoms with Crippen LogP contribution in [0.2, 0.25) is 0 Å². The van der Waals surface area contributed by atoms with Gasteiger partial charge in [0.05, 0.1) is 0 Å². The molecule has 2 rings (SSSR count). The number of hydrogen-bond donors (Lipinski definition) is 0. The molecular weight excluding hydrogens is 485 g/mol. The van der Waals surface area contributed by atoms with Crippen LogP contribution in [0.4, 0.5) is 0 Å². The second-order valence-electron chi connectivity index (χ2n) is 4.55. The van der Waals surface area contributed by atoms with Crippen molar-refractivity contribution in [3.63, 3.8) is 0 Å². The van der Waals surface area contributed by atoms with Crippen LogP contribution in [-0.2, 0) is 53.8 Å². The topological polar surface area (TPSA) is 45.8 Å². The minimum atomic E-state index is -0.690. The third kappa shape index (κ3) is 2.84. The first kappa shape index (κ1) is 18.9. The molecule has 99 valence electrons. The summed E-state index contributed by atoms with van der Waals surface area (Å²) in [7, 11) is 3.88. The standard InChI is InChI=1S/C14H17N2O.W.Y/c1-7-8(2)10(4)13-11(9(7)3)6-12(14(15)17)16(13)5;;/h6H,5H2,1-4H3,(H2,15,17);;/q-1;;/p-1. The van der Waals surface area contributed by atoms with Gasteiger partial charge in [-0.2, -0.15) is 0 Å². The zero-order valence-electron chi connectivity index (χ0n) is 11.6. The van der Waals surface area contributed by atoms with E-state index in [1.165, 1.54) is 11.1 Å². The number of aryl methyl sites for hydroxylation is 2. The molecule has 19 heavy (non-hydrogen) atoms. The Labute approximate surface area is 153 Å². The average Bonchev–Trinajstić information content (AvgIpc) is 2.62. The fraction of sp³-hybridized carbons (Fsp3) is 0.286. The second-order valence-corrected chi connectivity index (χ2v) is 4.55. The zero-order valence-corrected chi connectivity index (χ0v) is 17.4. The zero-order chi connectivity index (χ0) is 12.9. The number of fused-ring (bicyclic) bond motifs is 1. The molecule has 0 unspecified atom stereocenters. The first-order valence-electron chi connectivity index (χ1n) is 5.54. The molecule has 0 aliphatic carbocycles. The molecule has 2 aromatic rings. The molecule has 5 heteroatoms. The minimum Gasteiger partial charge on any atom is -0.674 e.